The summed E-state index contributed by atoms with van der Waals surface area (Å²) < 4.78 is 0. The first kappa shape index (κ1) is 9.20. The van der Waals surface area contributed by atoms with Crippen LogP contribution in [0.3, 0.4) is 0 Å². The highest BCUT2D eigenvalue weighted by atomic mass is 35.5. The predicted molar refractivity (Wildman–Crippen MR) is 48.5 cm³/mol. The summed E-state index contributed by atoms with van der Waals surface area (Å²) in [5.41, 5.74) is 0.577. The third kappa shape index (κ3) is 2.05. The summed E-state index contributed by atoms with van der Waals surface area (Å²) in [6.07, 6.45) is 4.46. The predicted octanol–water partition coefficient (Wildman–Crippen LogP) is 2.72. The number of hydrogen-bond acceptors (Lipinski definition) is 2. The zero-order chi connectivity index (χ0) is 8.97. The molecule has 0 aromatic carbocycles. The zero-order valence-corrected chi connectivity index (χ0v) is 7.64. The smallest absolute Gasteiger partial charge is 0.164 e. The molecule has 1 heterocycles. The van der Waals surface area contributed by atoms with Crippen molar-refractivity contribution >= 4 is 17.4 Å². The van der Waals surface area contributed by atoms with E-state index in [1.807, 2.05) is 6.92 Å². The fourth-order valence-electron chi connectivity index (χ4n) is 0.963. The molecule has 0 fully saturated rings. The number of carbonyl (C=O) groups is 1. The second kappa shape index (κ2) is 4.21. The monoisotopic (exact) mass is 183 g/mol. The molecule has 12 heavy (non-hydrogen) atoms. The van der Waals surface area contributed by atoms with Crippen molar-refractivity contribution in [2.45, 2.75) is 19.8 Å². The summed E-state index contributed by atoms with van der Waals surface area (Å²) in [7, 11) is 0. The number of ketones is 1. The fourth-order valence-corrected chi connectivity index (χ4v) is 1.19. The molecule has 0 amide bonds. The van der Waals surface area contributed by atoms with Gasteiger partial charge in [0.25, 0.3) is 0 Å². The van der Waals surface area contributed by atoms with E-state index in [0.29, 0.717) is 17.0 Å². The zero-order valence-electron chi connectivity index (χ0n) is 6.88. The Bertz CT molecular complexity index is 286. The van der Waals surface area contributed by atoms with Crippen LogP contribution >= 0.6 is 11.6 Å². The van der Waals surface area contributed by atoms with Crippen LogP contribution in [0.1, 0.15) is 30.1 Å². The Labute approximate surface area is 76.6 Å². The van der Waals surface area contributed by atoms with E-state index < -0.39 is 0 Å². The summed E-state index contributed by atoms with van der Waals surface area (Å²) in [6, 6.07) is 1.65. The van der Waals surface area contributed by atoms with E-state index >= 15 is 0 Å². The Balaban J connectivity index is 2.87. The molecule has 3 heteroatoms. The number of halogens is 1. The van der Waals surface area contributed by atoms with Crippen molar-refractivity contribution in [3.05, 3.63) is 29.0 Å². The molecule has 0 radical (unpaired) electrons. The molecule has 0 aliphatic carbocycles. The van der Waals surface area contributed by atoms with Crippen LogP contribution < -0.4 is 0 Å². The molecule has 0 aliphatic rings. The van der Waals surface area contributed by atoms with E-state index in [4.69, 9.17) is 11.6 Å². The third-order valence-corrected chi connectivity index (χ3v) is 1.85. The van der Waals surface area contributed by atoms with Crippen molar-refractivity contribution in [1.82, 2.24) is 4.98 Å². The number of rotatable bonds is 3. The molecule has 0 spiro atoms. The molecule has 0 N–H and O–H groups in total. The summed E-state index contributed by atoms with van der Waals surface area (Å²) in [6.45, 7) is 1.97. The van der Waals surface area contributed by atoms with Gasteiger partial charge in [-0.15, -0.1) is 0 Å². The van der Waals surface area contributed by atoms with Crippen molar-refractivity contribution in [2.24, 2.45) is 0 Å². The number of carbonyl (C=O) groups excluding carboxylic acids is 1. The highest BCUT2D eigenvalue weighted by Gasteiger charge is 2.07. The van der Waals surface area contributed by atoms with Crippen LogP contribution in [0.2, 0.25) is 5.02 Å². The van der Waals surface area contributed by atoms with Gasteiger partial charge >= 0.3 is 0 Å². The Morgan fingerprint density at radius 2 is 2.42 bits per heavy atom. The minimum Gasteiger partial charge on any atom is -0.294 e. The van der Waals surface area contributed by atoms with E-state index in [1.54, 1.807) is 12.3 Å². The van der Waals surface area contributed by atoms with Gasteiger partial charge in [-0.1, -0.05) is 18.5 Å². The molecule has 0 aliphatic heterocycles. The number of nitrogens with zero attached hydrogens (tertiary/aromatic N) is 1. The lowest BCUT2D eigenvalue weighted by Crippen LogP contribution is -1.98. The van der Waals surface area contributed by atoms with Gasteiger partial charge in [0, 0.05) is 24.4 Å². The molecule has 64 valence electrons. The van der Waals surface area contributed by atoms with Gasteiger partial charge in [-0.3, -0.25) is 9.78 Å². The lowest BCUT2D eigenvalue weighted by Gasteiger charge is -1.99. The molecule has 0 saturated heterocycles. The van der Waals surface area contributed by atoms with Crippen LogP contribution in [-0.4, -0.2) is 10.8 Å². The van der Waals surface area contributed by atoms with E-state index in [0.717, 1.165) is 6.42 Å². The summed E-state index contributed by atoms with van der Waals surface area (Å²) in [5, 5.41) is 0.441. The average molecular weight is 184 g/mol. The number of aromatic nitrogens is 1. The molecular weight excluding hydrogens is 174 g/mol. The van der Waals surface area contributed by atoms with Crippen molar-refractivity contribution in [2.75, 3.05) is 0 Å². The van der Waals surface area contributed by atoms with Crippen LogP contribution in [-0.2, 0) is 0 Å². The molecule has 2 nitrogen and oxygen atoms in total. The second-order valence-corrected chi connectivity index (χ2v) is 2.94. The molecule has 0 atom stereocenters. The number of hydrogen-bond donors (Lipinski definition) is 0. The minimum absolute atomic E-state index is 0.0879. The maximum atomic E-state index is 11.4. The van der Waals surface area contributed by atoms with Gasteiger partial charge in [0.1, 0.15) is 0 Å². The number of pyridine rings is 1. The molecule has 0 bridgehead atoms. The minimum atomic E-state index is 0.0879. The standard InChI is InChI=1S/C9H10ClNO/c1-2-3-9(12)7-4-5-11-6-8(7)10/h4-6H,2-3H2,1H3. The van der Waals surface area contributed by atoms with Gasteiger partial charge < -0.3 is 0 Å². The van der Waals surface area contributed by atoms with Gasteiger partial charge in [0.05, 0.1) is 5.02 Å². The fraction of sp³-hybridized carbons (Fsp3) is 0.333. The first-order valence-electron chi connectivity index (χ1n) is 3.88. The van der Waals surface area contributed by atoms with Crippen LogP contribution in [0.4, 0.5) is 0 Å². The summed E-state index contributed by atoms with van der Waals surface area (Å²) in [5.74, 6) is 0.0879. The van der Waals surface area contributed by atoms with E-state index in [1.165, 1.54) is 6.20 Å². The topological polar surface area (TPSA) is 30.0 Å². The molecule has 0 unspecified atom stereocenters. The first-order chi connectivity index (χ1) is 5.75. The molecule has 1 aromatic heterocycles. The van der Waals surface area contributed by atoms with Crippen LogP contribution in [0.15, 0.2) is 18.5 Å². The maximum Gasteiger partial charge on any atom is 0.164 e. The molecule has 1 aromatic rings. The summed E-state index contributed by atoms with van der Waals surface area (Å²) >= 11 is 5.77. The summed E-state index contributed by atoms with van der Waals surface area (Å²) in [4.78, 5) is 15.2. The van der Waals surface area contributed by atoms with Crippen molar-refractivity contribution < 1.29 is 4.79 Å². The molecule has 0 saturated carbocycles. The van der Waals surface area contributed by atoms with Crippen LogP contribution in [0, 0.1) is 0 Å². The van der Waals surface area contributed by atoms with Gasteiger partial charge in [-0.05, 0) is 12.5 Å². The Kier molecular flexibility index (Phi) is 3.23. The highest BCUT2D eigenvalue weighted by molar-refractivity contribution is 6.33. The maximum absolute atomic E-state index is 11.4. The highest BCUT2D eigenvalue weighted by Crippen LogP contribution is 2.15. The molecule has 1 rings (SSSR count). The lowest BCUT2D eigenvalue weighted by molar-refractivity contribution is 0.0982. The molecular formula is C9H10ClNO. The Morgan fingerprint density at radius 3 is 3.00 bits per heavy atom. The average Bonchev–Trinajstić information content (AvgIpc) is 2.05. The van der Waals surface area contributed by atoms with Gasteiger partial charge in [0.2, 0.25) is 0 Å². The SMILES string of the molecule is CCCC(=O)c1ccncc1Cl. The van der Waals surface area contributed by atoms with E-state index in [-0.39, 0.29) is 5.78 Å². The third-order valence-electron chi connectivity index (χ3n) is 1.55. The van der Waals surface area contributed by atoms with Crippen molar-refractivity contribution in [3.63, 3.8) is 0 Å². The first-order valence-corrected chi connectivity index (χ1v) is 4.26. The van der Waals surface area contributed by atoms with Crippen LogP contribution in [0.25, 0.3) is 0 Å². The lowest BCUT2D eigenvalue weighted by atomic mass is 10.1. The Morgan fingerprint density at radius 1 is 1.67 bits per heavy atom. The van der Waals surface area contributed by atoms with E-state index in [2.05, 4.69) is 4.98 Å². The van der Waals surface area contributed by atoms with Gasteiger partial charge in [0.15, 0.2) is 5.78 Å². The second-order valence-electron chi connectivity index (χ2n) is 2.53. The quantitative estimate of drug-likeness (QED) is 0.675. The normalized spacial score (nSPS) is 9.83. The Hall–Kier alpha value is -0.890. The van der Waals surface area contributed by atoms with Gasteiger partial charge in [-0.25, -0.2) is 0 Å². The van der Waals surface area contributed by atoms with E-state index in [9.17, 15) is 4.79 Å². The van der Waals surface area contributed by atoms with Crippen LogP contribution in [0.5, 0.6) is 0 Å². The van der Waals surface area contributed by atoms with Crippen molar-refractivity contribution in [1.29, 1.82) is 0 Å². The number of Topliss-reactive ketones (excluding diaryl/α,β-unsaturated/α-hetero) is 1. The van der Waals surface area contributed by atoms with Crippen molar-refractivity contribution in [3.8, 4) is 0 Å². The largest absolute Gasteiger partial charge is 0.294 e. The van der Waals surface area contributed by atoms with Gasteiger partial charge in [-0.2, -0.15) is 0 Å².